The Hall–Kier alpha value is -2.22. The van der Waals surface area contributed by atoms with E-state index in [1.165, 1.54) is 19.5 Å². The van der Waals surface area contributed by atoms with E-state index < -0.39 is 4.92 Å². The van der Waals surface area contributed by atoms with Crippen LogP contribution in [0.4, 0.5) is 11.4 Å². The number of nitro groups is 1. The highest BCUT2D eigenvalue weighted by atomic mass is 79.9. The van der Waals surface area contributed by atoms with Crippen molar-refractivity contribution in [2.75, 3.05) is 12.4 Å². The van der Waals surface area contributed by atoms with Gasteiger partial charge in [-0.3, -0.25) is 15.1 Å². The minimum absolute atomic E-state index is 0.0826. The van der Waals surface area contributed by atoms with Crippen LogP contribution >= 0.6 is 15.9 Å². The number of rotatable bonds is 5. The maximum Gasteiger partial charge on any atom is 0.311 e. The molecule has 0 aromatic carbocycles. The third-order valence-corrected chi connectivity index (χ3v) is 3.15. The summed E-state index contributed by atoms with van der Waals surface area (Å²) in [7, 11) is 1.54. The molecule has 0 amide bonds. The number of hydrogen-bond acceptors (Lipinski definition) is 6. The number of nitrogens with one attached hydrogen (secondary N) is 1. The minimum Gasteiger partial charge on any atom is -0.481 e. The van der Waals surface area contributed by atoms with Crippen molar-refractivity contribution in [3.05, 3.63) is 50.9 Å². The van der Waals surface area contributed by atoms with Crippen LogP contribution in [-0.2, 0) is 6.54 Å². The van der Waals surface area contributed by atoms with Gasteiger partial charge in [0.15, 0.2) is 0 Å². The summed E-state index contributed by atoms with van der Waals surface area (Å²) < 4.78 is 5.50. The zero-order valence-corrected chi connectivity index (χ0v) is 12.1. The van der Waals surface area contributed by atoms with Crippen LogP contribution in [0.5, 0.6) is 5.88 Å². The smallest absolute Gasteiger partial charge is 0.311 e. The largest absolute Gasteiger partial charge is 0.481 e. The van der Waals surface area contributed by atoms with Crippen molar-refractivity contribution in [1.29, 1.82) is 0 Å². The van der Waals surface area contributed by atoms with E-state index in [1.54, 1.807) is 12.3 Å². The lowest BCUT2D eigenvalue weighted by atomic mass is 10.2. The van der Waals surface area contributed by atoms with Crippen molar-refractivity contribution < 1.29 is 9.66 Å². The molecule has 2 rings (SSSR count). The van der Waals surface area contributed by atoms with Crippen molar-refractivity contribution in [2.45, 2.75) is 6.54 Å². The highest BCUT2D eigenvalue weighted by Crippen LogP contribution is 2.31. The summed E-state index contributed by atoms with van der Waals surface area (Å²) in [6.07, 6.45) is 4.35. The maximum absolute atomic E-state index is 10.9. The molecule has 0 saturated heterocycles. The summed E-state index contributed by atoms with van der Waals surface area (Å²) >= 11 is 3.25. The van der Waals surface area contributed by atoms with Crippen molar-refractivity contribution in [3.8, 4) is 5.88 Å². The second-order valence-corrected chi connectivity index (χ2v) is 4.69. The Morgan fingerprint density at radius 3 is 2.80 bits per heavy atom. The van der Waals surface area contributed by atoms with Crippen molar-refractivity contribution in [3.63, 3.8) is 0 Å². The number of pyridine rings is 2. The molecule has 1 N–H and O–H groups in total. The molecular weight excluding hydrogens is 328 g/mol. The Morgan fingerprint density at radius 2 is 2.20 bits per heavy atom. The minimum atomic E-state index is -0.480. The number of halogens is 1. The van der Waals surface area contributed by atoms with Crippen LogP contribution in [0.2, 0.25) is 0 Å². The van der Waals surface area contributed by atoms with Crippen LogP contribution in [-0.4, -0.2) is 22.0 Å². The number of ether oxygens (including phenoxy) is 1. The van der Waals surface area contributed by atoms with Crippen LogP contribution in [0.1, 0.15) is 5.56 Å². The van der Waals surface area contributed by atoms with E-state index in [0.717, 1.165) is 5.56 Å². The molecule has 0 aliphatic carbocycles. The molecule has 0 fully saturated rings. The maximum atomic E-state index is 10.9. The Bertz CT molecular complexity index is 619. The van der Waals surface area contributed by atoms with Gasteiger partial charge in [-0.2, -0.15) is 0 Å². The monoisotopic (exact) mass is 338 g/mol. The Morgan fingerprint density at radius 1 is 1.40 bits per heavy atom. The zero-order chi connectivity index (χ0) is 14.5. The van der Waals surface area contributed by atoms with E-state index >= 15 is 0 Å². The third kappa shape index (κ3) is 3.21. The molecule has 8 heteroatoms. The standard InChI is InChI=1S/C12H11BrN4O3/c1-20-11-3-2-8(4-15-11)5-16-12-9(13)6-14-7-10(12)17(18)19/h2-4,6-7H,5H2,1H3,(H,14,16). The highest BCUT2D eigenvalue weighted by Gasteiger charge is 2.16. The van der Waals surface area contributed by atoms with Crippen LogP contribution < -0.4 is 10.1 Å². The normalized spacial score (nSPS) is 10.1. The average molecular weight is 339 g/mol. The van der Waals surface area contributed by atoms with Crippen LogP contribution in [0.3, 0.4) is 0 Å². The SMILES string of the molecule is COc1ccc(CNc2c(Br)cncc2[N+](=O)[O-])cn1. The van der Waals surface area contributed by atoms with Gasteiger partial charge in [-0.1, -0.05) is 6.07 Å². The quantitative estimate of drug-likeness (QED) is 0.665. The van der Waals surface area contributed by atoms with Crippen molar-refractivity contribution >= 4 is 27.3 Å². The molecule has 0 bridgehead atoms. The topological polar surface area (TPSA) is 90.2 Å². The summed E-state index contributed by atoms with van der Waals surface area (Å²) in [4.78, 5) is 18.3. The van der Waals surface area contributed by atoms with Crippen LogP contribution in [0.25, 0.3) is 0 Å². The van der Waals surface area contributed by atoms with Crippen molar-refractivity contribution in [2.24, 2.45) is 0 Å². The number of aromatic nitrogens is 2. The predicted octanol–water partition coefficient (Wildman–Crippen LogP) is 2.77. The fraction of sp³-hybridized carbons (Fsp3) is 0.167. The summed E-state index contributed by atoms with van der Waals surface area (Å²) in [6.45, 7) is 0.403. The van der Waals surface area contributed by atoms with Gasteiger partial charge in [-0.25, -0.2) is 4.98 Å². The van der Waals surface area contributed by atoms with Gasteiger partial charge < -0.3 is 10.1 Å². The Labute approximate surface area is 123 Å². The van der Waals surface area contributed by atoms with Gasteiger partial charge in [0.2, 0.25) is 5.88 Å². The molecule has 0 spiro atoms. The molecule has 2 heterocycles. The Balaban J connectivity index is 2.16. The molecule has 20 heavy (non-hydrogen) atoms. The molecule has 0 saturated carbocycles. The lowest BCUT2D eigenvalue weighted by Crippen LogP contribution is -2.04. The molecule has 0 aliphatic heterocycles. The summed E-state index contributed by atoms with van der Waals surface area (Å²) in [6, 6.07) is 3.56. The van der Waals surface area contributed by atoms with Gasteiger partial charge in [0.05, 0.1) is 16.5 Å². The van der Waals surface area contributed by atoms with Crippen LogP contribution in [0, 0.1) is 10.1 Å². The van der Waals surface area contributed by atoms with E-state index in [4.69, 9.17) is 4.74 Å². The molecule has 2 aromatic rings. The molecule has 0 unspecified atom stereocenters. The third-order valence-electron chi connectivity index (χ3n) is 2.55. The zero-order valence-electron chi connectivity index (χ0n) is 10.5. The molecule has 0 atom stereocenters. The van der Waals surface area contributed by atoms with Gasteiger partial charge in [-0.05, 0) is 21.5 Å². The molecule has 0 radical (unpaired) electrons. The average Bonchev–Trinajstić information content (AvgIpc) is 2.46. The number of nitrogens with zero attached hydrogens (tertiary/aromatic N) is 3. The van der Waals surface area contributed by atoms with Gasteiger partial charge in [-0.15, -0.1) is 0 Å². The number of hydrogen-bond donors (Lipinski definition) is 1. The fourth-order valence-electron chi connectivity index (χ4n) is 1.56. The first-order chi connectivity index (χ1) is 9.61. The fourth-order valence-corrected chi connectivity index (χ4v) is 2.03. The first kappa shape index (κ1) is 14.2. The summed E-state index contributed by atoms with van der Waals surface area (Å²) in [5, 5.41) is 14.0. The lowest BCUT2D eigenvalue weighted by molar-refractivity contribution is -0.384. The number of methoxy groups -OCH3 is 1. The first-order valence-electron chi connectivity index (χ1n) is 5.62. The van der Waals surface area contributed by atoms with E-state index in [9.17, 15) is 10.1 Å². The molecular formula is C12H11BrN4O3. The van der Waals surface area contributed by atoms with Gasteiger partial charge in [0, 0.05) is 25.0 Å². The molecule has 2 aromatic heterocycles. The second kappa shape index (κ2) is 6.29. The summed E-state index contributed by atoms with van der Waals surface area (Å²) in [5.74, 6) is 0.518. The van der Waals surface area contributed by atoms with E-state index in [2.05, 4.69) is 31.2 Å². The molecule has 7 nitrogen and oxygen atoms in total. The lowest BCUT2D eigenvalue weighted by Gasteiger charge is -2.08. The van der Waals surface area contributed by atoms with Gasteiger partial charge in [0.1, 0.15) is 11.9 Å². The highest BCUT2D eigenvalue weighted by molar-refractivity contribution is 9.10. The van der Waals surface area contributed by atoms with Crippen molar-refractivity contribution in [1.82, 2.24) is 9.97 Å². The first-order valence-corrected chi connectivity index (χ1v) is 6.42. The molecule has 0 aliphatic rings. The summed E-state index contributed by atoms with van der Waals surface area (Å²) in [5.41, 5.74) is 1.19. The van der Waals surface area contributed by atoms with E-state index in [1.807, 2.05) is 6.07 Å². The molecule has 104 valence electrons. The van der Waals surface area contributed by atoms with Crippen LogP contribution in [0.15, 0.2) is 35.2 Å². The predicted molar refractivity (Wildman–Crippen MR) is 76.7 cm³/mol. The van der Waals surface area contributed by atoms with Gasteiger partial charge in [0.25, 0.3) is 0 Å². The second-order valence-electron chi connectivity index (χ2n) is 3.83. The van der Waals surface area contributed by atoms with E-state index in [0.29, 0.717) is 22.6 Å². The van der Waals surface area contributed by atoms with Gasteiger partial charge >= 0.3 is 5.69 Å². The number of anilines is 1. The van der Waals surface area contributed by atoms with E-state index in [-0.39, 0.29) is 5.69 Å². The Kier molecular flexibility index (Phi) is 4.46.